The van der Waals surface area contributed by atoms with Crippen LogP contribution in [-0.2, 0) is 4.79 Å². The van der Waals surface area contributed by atoms with Gasteiger partial charge in [-0.05, 0) is 35.4 Å². The molecule has 126 valence electrons. The number of carbonyl (C=O) groups excluding carboxylic acids is 1. The fourth-order valence-corrected chi connectivity index (χ4v) is 4.60. The number of carbonyl (C=O) groups is 1. The van der Waals surface area contributed by atoms with Gasteiger partial charge in [0.15, 0.2) is 0 Å². The van der Waals surface area contributed by atoms with Gasteiger partial charge >= 0.3 is 0 Å². The minimum absolute atomic E-state index is 0.0635. The summed E-state index contributed by atoms with van der Waals surface area (Å²) in [5.41, 5.74) is 4.26. The molecule has 1 aliphatic heterocycles. The molecule has 1 atom stereocenters. The highest BCUT2D eigenvalue weighted by molar-refractivity contribution is 9.10. The Morgan fingerprint density at radius 3 is 2.52 bits per heavy atom. The fraction of sp³-hybridized carbons (Fsp3) is 0.150. The highest BCUT2D eigenvalue weighted by Gasteiger charge is 2.30. The van der Waals surface area contributed by atoms with Gasteiger partial charge in [0.2, 0.25) is 5.91 Å². The Kier molecular flexibility index (Phi) is 4.36. The highest BCUT2D eigenvalue weighted by Crippen LogP contribution is 2.46. The van der Waals surface area contributed by atoms with Crippen LogP contribution >= 0.6 is 27.3 Å². The van der Waals surface area contributed by atoms with Gasteiger partial charge in [0.25, 0.3) is 0 Å². The van der Waals surface area contributed by atoms with Crippen molar-refractivity contribution in [3.63, 3.8) is 0 Å². The van der Waals surface area contributed by atoms with Crippen LogP contribution in [0.5, 0.6) is 5.75 Å². The first-order valence-corrected chi connectivity index (χ1v) is 9.64. The molecule has 4 rings (SSSR count). The van der Waals surface area contributed by atoms with Crippen LogP contribution in [0, 0.1) is 0 Å². The number of halogens is 1. The topological polar surface area (TPSA) is 38.3 Å². The van der Waals surface area contributed by atoms with Gasteiger partial charge in [0.05, 0.1) is 12.8 Å². The van der Waals surface area contributed by atoms with E-state index in [1.54, 1.807) is 18.4 Å². The summed E-state index contributed by atoms with van der Waals surface area (Å²) in [6.07, 6.45) is 0.483. The van der Waals surface area contributed by atoms with E-state index in [0.29, 0.717) is 6.42 Å². The number of amides is 1. The number of fused-ring (bicyclic) bond motifs is 1. The maximum atomic E-state index is 12.3. The van der Waals surface area contributed by atoms with Crippen molar-refractivity contribution in [1.29, 1.82) is 0 Å². The van der Waals surface area contributed by atoms with Gasteiger partial charge in [-0.25, -0.2) is 0 Å². The molecule has 0 aliphatic carbocycles. The number of methoxy groups -OCH3 is 1. The van der Waals surface area contributed by atoms with Crippen molar-refractivity contribution < 1.29 is 9.53 Å². The van der Waals surface area contributed by atoms with Crippen molar-refractivity contribution in [3.05, 3.63) is 68.8 Å². The van der Waals surface area contributed by atoms with Gasteiger partial charge in [-0.15, -0.1) is 11.3 Å². The van der Waals surface area contributed by atoms with E-state index in [1.807, 2.05) is 36.4 Å². The molecule has 1 amide bonds. The lowest BCUT2D eigenvalue weighted by atomic mass is 9.89. The van der Waals surface area contributed by atoms with E-state index in [9.17, 15) is 4.79 Å². The lowest BCUT2D eigenvalue weighted by Crippen LogP contribution is -2.22. The zero-order valence-electron chi connectivity index (χ0n) is 13.6. The number of ether oxygens (including phenoxy) is 1. The molecule has 0 saturated heterocycles. The highest BCUT2D eigenvalue weighted by atomic mass is 79.9. The molecule has 5 heteroatoms. The minimum atomic E-state index is 0.0635. The minimum Gasteiger partial charge on any atom is -0.497 e. The van der Waals surface area contributed by atoms with Crippen LogP contribution in [-0.4, -0.2) is 13.0 Å². The Balaban J connectivity index is 1.76. The lowest BCUT2D eigenvalue weighted by molar-refractivity contribution is -0.116. The molecule has 1 aromatic heterocycles. The Morgan fingerprint density at radius 1 is 1.12 bits per heavy atom. The van der Waals surface area contributed by atoms with Crippen LogP contribution in [0.15, 0.2) is 58.4 Å². The summed E-state index contributed by atoms with van der Waals surface area (Å²) in [6.45, 7) is 0. The van der Waals surface area contributed by atoms with E-state index in [1.165, 1.54) is 10.4 Å². The van der Waals surface area contributed by atoms with Crippen molar-refractivity contribution in [3.8, 4) is 16.9 Å². The van der Waals surface area contributed by atoms with Gasteiger partial charge in [-0.3, -0.25) is 4.79 Å². The molecule has 3 aromatic rings. The standard InChI is InChI=1S/C20H16BrNO2S/c1-24-15-8-4-13(5-9-15)17-11-25-20-16(10-18(23)22-19(17)20)12-2-6-14(21)7-3-12/h2-9,11,16H,10H2,1H3,(H,22,23)/t16-/m1/s1. The maximum absolute atomic E-state index is 12.3. The molecule has 0 unspecified atom stereocenters. The Labute approximate surface area is 158 Å². The van der Waals surface area contributed by atoms with Crippen LogP contribution in [0.25, 0.3) is 11.1 Å². The van der Waals surface area contributed by atoms with Crippen LogP contribution in [0.1, 0.15) is 22.8 Å². The predicted molar refractivity (Wildman–Crippen MR) is 106 cm³/mol. The Bertz CT molecular complexity index is 916. The van der Waals surface area contributed by atoms with Gasteiger partial charge in [-0.1, -0.05) is 40.2 Å². The molecule has 0 radical (unpaired) electrons. The monoisotopic (exact) mass is 413 g/mol. The summed E-state index contributed by atoms with van der Waals surface area (Å²) < 4.78 is 6.27. The van der Waals surface area contributed by atoms with Crippen molar-refractivity contribution in [1.82, 2.24) is 0 Å². The van der Waals surface area contributed by atoms with Crippen LogP contribution < -0.4 is 10.1 Å². The average Bonchev–Trinajstić information content (AvgIpc) is 3.05. The molecule has 25 heavy (non-hydrogen) atoms. The molecule has 1 aliphatic rings. The molecule has 2 aromatic carbocycles. The van der Waals surface area contributed by atoms with Crippen molar-refractivity contribution in [2.45, 2.75) is 12.3 Å². The molecule has 1 N–H and O–H groups in total. The van der Waals surface area contributed by atoms with Gasteiger partial charge in [0, 0.05) is 32.6 Å². The van der Waals surface area contributed by atoms with Gasteiger partial charge in [-0.2, -0.15) is 0 Å². The number of benzene rings is 2. The van der Waals surface area contributed by atoms with E-state index < -0.39 is 0 Å². The molecule has 0 saturated carbocycles. The third-order valence-electron chi connectivity index (χ3n) is 4.46. The fourth-order valence-electron chi connectivity index (χ4n) is 3.17. The lowest BCUT2D eigenvalue weighted by Gasteiger charge is -2.24. The third kappa shape index (κ3) is 3.10. The SMILES string of the molecule is COc1ccc(-c2csc3c2NC(=O)C[C@@H]3c2ccc(Br)cc2)cc1. The second kappa shape index (κ2) is 6.65. The van der Waals surface area contributed by atoms with E-state index in [4.69, 9.17) is 4.74 Å². The van der Waals surface area contributed by atoms with Gasteiger partial charge in [0.1, 0.15) is 5.75 Å². The second-order valence-corrected chi connectivity index (χ2v) is 7.80. The number of rotatable bonds is 3. The van der Waals surface area contributed by atoms with Crippen molar-refractivity contribution in [2.24, 2.45) is 0 Å². The number of anilines is 1. The molecule has 0 spiro atoms. The third-order valence-corrected chi connectivity index (χ3v) is 6.09. The van der Waals surface area contributed by atoms with E-state index in [0.717, 1.165) is 27.0 Å². The quantitative estimate of drug-likeness (QED) is 0.601. The first kappa shape index (κ1) is 16.4. The summed E-state index contributed by atoms with van der Waals surface area (Å²) >= 11 is 5.18. The first-order valence-electron chi connectivity index (χ1n) is 7.97. The van der Waals surface area contributed by atoms with Crippen LogP contribution in [0.4, 0.5) is 5.69 Å². The normalized spacial score (nSPS) is 16.2. The molecular weight excluding hydrogens is 398 g/mol. The van der Waals surface area contributed by atoms with Crippen molar-refractivity contribution >= 4 is 38.9 Å². The van der Waals surface area contributed by atoms with E-state index in [-0.39, 0.29) is 11.8 Å². The number of thiophene rings is 1. The second-order valence-electron chi connectivity index (χ2n) is 5.97. The number of nitrogens with one attached hydrogen (secondary N) is 1. The predicted octanol–water partition coefficient (Wildman–Crippen LogP) is 5.66. The van der Waals surface area contributed by atoms with Gasteiger partial charge < -0.3 is 10.1 Å². The smallest absolute Gasteiger partial charge is 0.225 e. The zero-order valence-corrected chi connectivity index (χ0v) is 16.0. The van der Waals surface area contributed by atoms with E-state index >= 15 is 0 Å². The van der Waals surface area contributed by atoms with E-state index in [2.05, 4.69) is 38.8 Å². The summed E-state index contributed by atoms with van der Waals surface area (Å²) in [7, 11) is 1.66. The molecule has 0 bridgehead atoms. The molecule has 3 nitrogen and oxygen atoms in total. The Morgan fingerprint density at radius 2 is 1.84 bits per heavy atom. The molecular formula is C20H16BrNO2S. The summed E-state index contributed by atoms with van der Waals surface area (Å²) in [5.74, 6) is 0.993. The Hall–Kier alpha value is -2.11. The molecule has 2 heterocycles. The number of hydrogen-bond acceptors (Lipinski definition) is 3. The molecule has 0 fully saturated rings. The summed E-state index contributed by atoms with van der Waals surface area (Å²) in [6, 6.07) is 16.2. The number of hydrogen-bond donors (Lipinski definition) is 1. The zero-order chi connectivity index (χ0) is 17.4. The summed E-state index contributed by atoms with van der Waals surface area (Å²) in [5, 5.41) is 5.21. The summed E-state index contributed by atoms with van der Waals surface area (Å²) in [4.78, 5) is 13.5. The van der Waals surface area contributed by atoms with Crippen LogP contribution in [0.2, 0.25) is 0 Å². The maximum Gasteiger partial charge on any atom is 0.225 e. The van der Waals surface area contributed by atoms with Crippen molar-refractivity contribution in [2.75, 3.05) is 12.4 Å². The first-order chi connectivity index (χ1) is 12.2. The largest absolute Gasteiger partial charge is 0.497 e. The van der Waals surface area contributed by atoms with Crippen LogP contribution in [0.3, 0.4) is 0 Å². The average molecular weight is 414 g/mol.